The van der Waals surface area contributed by atoms with Crippen molar-refractivity contribution >= 4 is 96.9 Å². The van der Waals surface area contributed by atoms with E-state index in [9.17, 15) is 0 Å². The fourth-order valence-electron chi connectivity index (χ4n) is 8.30. The molecule has 0 saturated carbocycles. The molecule has 0 N–H and O–H groups in total. The highest BCUT2D eigenvalue weighted by molar-refractivity contribution is 7.25. The number of furan rings is 1. The zero-order chi connectivity index (χ0) is 35.3. The van der Waals surface area contributed by atoms with Gasteiger partial charge in [0, 0.05) is 74.6 Å². The van der Waals surface area contributed by atoms with E-state index in [-0.39, 0.29) is 0 Å². The first-order valence-corrected chi connectivity index (χ1v) is 18.9. The molecule has 5 heterocycles. The van der Waals surface area contributed by atoms with Gasteiger partial charge in [-0.25, -0.2) is 15.0 Å². The summed E-state index contributed by atoms with van der Waals surface area (Å²) >= 11 is 1.83. The van der Waals surface area contributed by atoms with Gasteiger partial charge in [-0.3, -0.25) is 0 Å². The van der Waals surface area contributed by atoms with Gasteiger partial charge in [-0.05, 0) is 48.5 Å². The maximum absolute atomic E-state index is 6.84. The summed E-state index contributed by atoms with van der Waals surface area (Å²) in [5, 5.41) is 10.0. The van der Waals surface area contributed by atoms with Gasteiger partial charge >= 0.3 is 0 Å². The summed E-state index contributed by atoms with van der Waals surface area (Å²) in [6.45, 7) is 0. The van der Waals surface area contributed by atoms with Gasteiger partial charge in [0.15, 0.2) is 0 Å². The van der Waals surface area contributed by atoms with Gasteiger partial charge < -0.3 is 4.42 Å². The van der Waals surface area contributed by atoms with Crippen LogP contribution in [0.3, 0.4) is 0 Å². The Morgan fingerprint density at radius 1 is 0.426 bits per heavy atom. The van der Waals surface area contributed by atoms with E-state index in [1.807, 2.05) is 35.6 Å². The van der Waals surface area contributed by atoms with Gasteiger partial charge in [0.05, 0.1) is 33.6 Å². The molecule has 0 atom stereocenters. The highest BCUT2D eigenvalue weighted by atomic mass is 32.1. The largest absolute Gasteiger partial charge is 0.455 e. The molecule has 12 rings (SSSR count). The van der Waals surface area contributed by atoms with Crippen molar-refractivity contribution in [2.75, 3.05) is 0 Å². The highest BCUT2D eigenvalue weighted by Gasteiger charge is 2.22. The summed E-state index contributed by atoms with van der Waals surface area (Å²) in [4.78, 5) is 16.0. The second kappa shape index (κ2) is 11.3. The standard InChI is InChI=1S/C49H27N3OS/c1-2-10-28(11-3-1)38-23-20-29-18-19-30-21-24-40(52-48(30)47(29)50-38)36-27-37-44(45-34-14-5-8-16-41(34)53-49(36)45)33-13-4-7-15-39(33)51-46(37)31-22-25-43-35(26-31)32-12-6-9-17-42(32)54-43/h1-27H. The molecule has 0 bridgehead atoms. The fraction of sp³-hybridized carbons (Fsp3) is 0. The van der Waals surface area contributed by atoms with Crippen LogP contribution in [0.5, 0.6) is 0 Å². The zero-order valence-electron chi connectivity index (χ0n) is 28.7. The third-order valence-electron chi connectivity index (χ3n) is 10.8. The van der Waals surface area contributed by atoms with E-state index in [4.69, 9.17) is 19.4 Å². The molecule has 5 heteroatoms. The van der Waals surface area contributed by atoms with E-state index in [2.05, 4.69) is 140 Å². The van der Waals surface area contributed by atoms with E-state index in [1.54, 1.807) is 0 Å². The molecule has 54 heavy (non-hydrogen) atoms. The topological polar surface area (TPSA) is 51.8 Å². The van der Waals surface area contributed by atoms with Crippen molar-refractivity contribution in [3.8, 4) is 33.8 Å². The first-order chi connectivity index (χ1) is 26.7. The average molecular weight is 706 g/mol. The van der Waals surface area contributed by atoms with Crippen LogP contribution in [0.4, 0.5) is 0 Å². The Bertz CT molecular complexity index is 3510. The number of thiophene rings is 1. The minimum absolute atomic E-state index is 0.815. The minimum Gasteiger partial charge on any atom is -0.455 e. The monoisotopic (exact) mass is 705 g/mol. The lowest BCUT2D eigenvalue weighted by Crippen LogP contribution is -1.94. The number of benzene rings is 7. The predicted octanol–water partition coefficient (Wildman–Crippen LogP) is 13.8. The molecule has 0 aliphatic heterocycles. The molecular weight excluding hydrogens is 679 g/mol. The zero-order valence-corrected chi connectivity index (χ0v) is 29.6. The molecule has 4 nitrogen and oxygen atoms in total. The van der Waals surface area contributed by atoms with Crippen LogP contribution in [0.25, 0.3) is 119 Å². The van der Waals surface area contributed by atoms with E-state index >= 15 is 0 Å². The van der Waals surface area contributed by atoms with Gasteiger partial charge in [-0.15, -0.1) is 11.3 Å². The minimum atomic E-state index is 0.815. The van der Waals surface area contributed by atoms with Gasteiger partial charge in [0.2, 0.25) is 0 Å². The quantitative estimate of drug-likeness (QED) is 0.172. The van der Waals surface area contributed by atoms with Gasteiger partial charge in [0.25, 0.3) is 0 Å². The number of rotatable bonds is 3. The van der Waals surface area contributed by atoms with Crippen molar-refractivity contribution in [2.24, 2.45) is 0 Å². The Kier molecular flexibility index (Phi) is 6.18. The maximum atomic E-state index is 6.84. The van der Waals surface area contributed by atoms with Crippen molar-refractivity contribution in [1.82, 2.24) is 15.0 Å². The lowest BCUT2D eigenvalue weighted by molar-refractivity contribution is 0.670. The van der Waals surface area contributed by atoms with E-state index in [1.165, 1.54) is 20.2 Å². The third kappa shape index (κ3) is 4.33. The predicted molar refractivity (Wildman–Crippen MR) is 226 cm³/mol. The number of hydrogen-bond donors (Lipinski definition) is 0. The number of nitrogens with zero attached hydrogens (tertiary/aromatic N) is 3. The molecule has 0 radical (unpaired) electrons. The highest BCUT2D eigenvalue weighted by Crippen LogP contribution is 2.46. The molecule has 0 aliphatic rings. The van der Waals surface area contributed by atoms with Crippen molar-refractivity contribution < 1.29 is 4.42 Å². The van der Waals surface area contributed by atoms with Crippen LogP contribution in [-0.4, -0.2) is 15.0 Å². The van der Waals surface area contributed by atoms with Crippen LogP contribution in [-0.2, 0) is 0 Å². The third-order valence-corrected chi connectivity index (χ3v) is 12.0. The first kappa shape index (κ1) is 29.6. The summed E-state index contributed by atoms with van der Waals surface area (Å²) in [7, 11) is 0. The number of hydrogen-bond acceptors (Lipinski definition) is 5. The van der Waals surface area contributed by atoms with Crippen LogP contribution in [0.2, 0.25) is 0 Å². The summed E-state index contributed by atoms with van der Waals surface area (Å²) in [6.07, 6.45) is 0. The molecule has 5 aromatic heterocycles. The summed E-state index contributed by atoms with van der Waals surface area (Å²) in [5.74, 6) is 0. The van der Waals surface area contributed by atoms with Gasteiger partial charge in [0.1, 0.15) is 11.2 Å². The molecule has 0 unspecified atom stereocenters. The van der Waals surface area contributed by atoms with Crippen LogP contribution in [0.15, 0.2) is 168 Å². The Hall–Kier alpha value is -6.95. The molecule has 0 amide bonds. The summed E-state index contributed by atoms with van der Waals surface area (Å²) in [5.41, 5.74) is 10.1. The average Bonchev–Trinajstić information content (AvgIpc) is 3.81. The van der Waals surface area contributed by atoms with Gasteiger partial charge in [-0.2, -0.15) is 0 Å². The van der Waals surface area contributed by atoms with Crippen LogP contribution in [0.1, 0.15) is 0 Å². The lowest BCUT2D eigenvalue weighted by Gasteiger charge is -2.14. The molecule has 0 spiro atoms. The number of aromatic nitrogens is 3. The molecule has 0 fully saturated rings. The number of pyridine rings is 3. The Morgan fingerprint density at radius 2 is 1.09 bits per heavy atom. The second-order valence-corrected chi connectivity index (χ2v) is 15.0. The van der Waals surface area contributed by atoms with Crippen LogP contribution < -0.4 is 0 Å². The number of para-hydroxylation sites is 2. The summed E-state index contributed by atoms with van der Waals surface area (Å²) in [6, 6.07) is 57.6. The van der Waals surface area contributed by atoms with Crippen molar-refractivity contribution in [2.45, 2.75) is 0 Å². The van der Waals surface area contributed by atoms with Crippen molar-refractivity contribution in [3.63, 3.8) is 0 Å². The first-order valence-electron chi connectivity index (χ1n) is 18.1. The molecule has 7 aromatic carbocycles. The SMILES string of the molecule is c1ccc(-c2ccc3ccc4ccc(-c5cc6c(-c7ccc8sc9ccccc9c8c7)nc7ccccc7c6c6c5oc5ccccc56)nc4c3n2)cc1. The van der Waals surface area contributed by atoms with E-state index < -0.39 is 0 Å². The normalized spacial score (nSPS) is 12.1. The van der Waals surface area contributed by atoms with Crippen LogP contribution >= 0.6 is 11.3 Å². The lowest BCUT2D eigenvalue weighted by atomic mass is 9.92. The molecule has 0 saturated heterocycles. The van der Waals surface area contributed by atoms with Crippen molar-refractivity contribution in [1.29, 1.82) is 0 Å². The molecule has 250 valence electrons. The fourth-order valence-corrected chi connectivity index (χ4v) is 9.39. The Balaban J connectivity index is 1.19. The maximum Gasteiger partial charge on any atom is 0.145 e. The smallest absolute Gasteiger partial charge is 0.145 e. The second-order valence-electron chi connectivity index (χ2n) is 13.9. The molecule has 0 aliphatic carbocycles. The Labute approximate surface area is 312 Å². The molecular formula is C49H27N3OS. The van der Waals surface area contributed by atoms with E-state index in [0.29, 0.717) is 0 Å². The summed E-state index contributed by atoms with van der Waals surface area (Å²) < 4.78 is 9.39. The number of fused-ring (bicyclic) bond motifs is 13. The molecule has 12 aromatic rings. The van der Waals surface area contributed by atoms with E-state index in [0.717, 1.165) is 99.2 Å². The van der Waals surface area contributed by atoms with Crippen molar-refractivity contribution in [3.05, 3.63) is 164 Å². The van der Waals surface area contributed by atoms with Gasteiger partial charge in [-0.1, -0.05) is 115 Å². The Morgan fingerprint density at radius 3 is 1.94 bits per heavy atom. The van der Waals surface area contributed by atoms with Crippen LogP contribution in [0, 0.1) is 0 Å².